The normalized spacial score (nSPS) is 13.4. The van der Waals surface area contributed by atoms with Crippen molar-refractivity contribution < 1.29 is 20.4 Å². The van der Waals surface area contributed by atoms with Crippen molar-refractivity contribution in [2.45, 2.75) is 90.9 Å². The maximum Gasteiger partial charge on any atom is 0.129 e. The van der Waals surface area contributed by atoms with Gasteiger partial charge in [0.25, 0.3) is 0 Å². The minimum absolute atomic E-state index is 0.132. The maximum atomic E-state index is 10.3. The Kier molecular flexibility index (Phi) is 14.7. The van der Waals surface area contributed by atoms with Crippen LogP contribution in [0.5, 0.6) is 0 Å². The largest absolute Gasteiger partial charge is 0.511 e. The lowest BCUT2D eigenvalue weighted by Crippen LogP contribution is -2.34. The van der Waals surface area contributed by atoms with Crippen molar-refractivity contribution in [3.8, 4) is 0 Å². The van der Waals surface area contributed by atoms with Crippen LogP contribution in [0.15, 0.2) is 23.7 Å². The Morgan fingerprint density at radius 2 is 1.00 bits per heavy atom. The van der Waals surface area contributed by atoms with E-state index in [-0.39, 0.29) is 11.5 Å². The molecular formula is C21H40O4. The number of rotatable bonds is 16. The molecule has 0 saturated carbocycles. The molecule has 0 rings (SSSR count). The smallest absolute Gasteiger partial charge is 0.129 e. The molecule has 0 spiro atoms. The van der Waals surface area contributed by atoms with Crippen molar-refractivity contribution in [1.29, 1.82) is 0 Å². The van der Waals surface area contributed by atoms with E-state index < -0.39 is 18.6 Å². The minimum Gasteiger partial charge on any atom is -0.511 e. The van der Waals surface area contributed by atoms with Crippen molar-refractivity contribution >= 4 is 0 Å². The van der Waals surface area contributed by atoms with Crippen molar-refractivity contribution in [2.24, 2.45) is 5.41 Å². The lowest BCUT2D eigenvalue weighted by atomic mass is 9.83. The molecular weight excluding hydrogens is 316 g/mol. The molecule has 4 heteroatoms. The fourth-order valence-corrected chi connectivity index (χ4v) is 2.87. The highest BCUT2D eigenvalue weighted by Crippen LogP contribution is 2.33. The topological polar surface area (TPSA) is 80.9 Å². The van der Waals surface area contributed by atoms with Crippen LogP contribution >= 0.6 is 0 Å². The zero-order chi connectivity index (χ0) is 19.0. The van der Waals surface area contributed by atoms with Crippen molar-refractivity contribution in [1.82, 2.24) is 0 Å². The van der Waals surface area contributed by atoms with Crippen LogP contribution in [-0.2, 0) is 0 Å². The first-order chi connectivity index (χ1) is 12.1. The van der Waals surface area contributed by atoms with Crippen LogP contribution in [-0.4, -0.2) is 33.6 Å². The highest BCUT2D eigenvalue weighted by atomic mass is 16.3. The first kappa shape index (κ1) is 24.0. The van der Waals surface area contributed by atoms with Gasteiger partial charge < -0.3 is 20.4 Å². The van der Waals surface area contributed by atoms with Gasteiger partial charge in [-0.05, 0) is 37.8 Å². The second kappa shape index (κ2) is 15.3. The highest BCUT2D eigenvalue weighted by Gasteiger charge is 2.38. The van der Waals surface area contributed by atoms with E-state index in [0.717, 1.165) is 25.7 Å². The van der Waals surface area contributed by atoms with Crippen LogP contribution in [0.3, 0.4) is 0 Å². The third-order valence-electron chi connectivity index (χ3n) is 4.81. The van der Waals surface area contributed by atoms with Gasteiger partial charge in [0, 0.05) is 0 Å². The summed E-state index contributed by atoms with van der Waals surface area (Å²) in [5.74, 6) is -0.263. The summed E-state index contributed by atoms with van der Waals surface area (Å²) < 4.78 is 0. The molecule has 0 amide bonds. The molecule has 0 aromatic rings. The molecule has 0 saturated heterocycles. The molecule has 0 heterocycles. The summed E-state index contributed by atoms with van der Waals surface area (Å²) in [4.78, 5) is 0. The molecule has 25 heavy (non-hydrogen) atoms. The summed E-state index contributed by atoms with van der Waals surface area (Å²) in [5.41, 5.74) is -1.47. The van der Waals surface area contributed by atoms with E-state index in [1.54, 1.807) is 12.2 Å². The van der Waals surface area contributed by atoms with E-state index in [4.69, 9.17) is 0 Å². The first-order valence-corrected chi connectivity index (χ1v) is 10.1. The molecule has 0 unspecified atom stereocenters. The molecule has 0 aliphatic heterocycles. The van der Waals surface area contributed by atoms with Gasteiger partial charge in [0.15, 0.2) is 0 Å². The van der Waals surface area contributed by atoms with Gasteiger partial charge >= 0.3 is 0 Å². The monoisotopic (exact) mass is 356 g/mol. The summed E-state index contributed by atoms with van der Waals surface area (Å²) in [6, 6.07) is 0. The van der Waals surface area contributed by atoms with Crippen molar-refractivity contribution in [3.63, 3.8) is 0 Å². The lowest BCUT2D eigenvalue weighted by molar-refractivity contribution is 0.0446. The van der Waals surface area contributed by atoms with E-state index in [1.807, 2.05) is 0 Å². The first-order valence-electron chi connectivity index (χ1n) is 10.1. The van der Waals surface area contributed by atoms with Gasteiger partial charge in [-0.2, -0.15) is 0 Å². The summed E-state index contributed by atoms with van der Waals surface area (Å²) in [6.07, 6.45) is 15.9. The molecule has 0 atom stereocenters. The van der Waals surface area contributed by atoms with Crippen LogP contribution in [0.4, 0.5) is 0 Å². The van der Waals surface area contributed by atoms with E-state index in [2.05, 4.69) is 13.8 Å². The van der Waals surface area contributed by atoms with Gasteiger partial charge in [0.05, 0.1) is 13.2 Å². The summed E-state index contributed by atoms with van der Waals surface area (Å²) in [6.45, 7) is 3.31. The van der Waals surface area contributed by atoms with Crippen molar-refractivity contribution in [3.05, 3.63) is 23.7 Å². The van der Waals surface area contributed by atoms with Gasteiger partial charge in [0.2, 0.25) is 0 Å². The standard InChI is InChI=1S/C21H40O4/c1-3-5-7-9-11-13-15-19(24)21(17-22,18-23)20(25)16-14-12-10-8-6-4-2/h15-16,22-25H,3-14,17-18H2,1-2H3. The quantitative estimate of drug-likeness (QED) is 0.215. The highest BCUT2D eigenvalue weighted by molar-refractivity contribution is 5.21. The molecule has 0 aromatic heterocycles. The predicted octanol–water partition coefficient (Wildman–Crippen LogP) is 5.56. The number of aliphatic hydroxyl groups excluding tert-OH is 4. The Morgan fingerprint density at radius 1 is 0.640 bits per heavy atom. The molecule has 148 valence electrons. The number of hydrogen-bond donors (Lipinski definition) is 4. The fraction of sp³-hybridized carbons (Fsp3) is 0.810. The molecule has 0 aliphatic carbocycles. The zero-order valence-corrected chi connectivity index (χ0v) is 16.3. The second-order valence-electron chi connectivity index (χ2n) is 6.98. The number of allylic oxidation sites excluding steroid dienone is 2. The average Bonchev–Trinajstić information content (AvgIpc) is 2.62. The Balaban J connectivity index is 4.61. The average molecular weight is 357 g/mol. The van der Waals surface area contributed by atoms with E-state index in [1.165, 1.54) is 38.5 Å². The maximum absolute atomic E-state index is 10.3. The zero-order valence-electron chi connectivity index (χ0n) is 16.3. The van der Waals surface area contributed by atoms with Crippen LogP contribution in [0.1, 0.15) is 90.9 Å². The number of aliphatic hydroxyl groups is 4. The third-order valence-corrected chi connectivity index (χ3v) is 4.81. The number of hydrogen-bond acceptors (Lipinski definition) is 4. The van der Waals surface area contributed by atoms with E-state index in [9.17, 15) is 20.4 Å². The van der Waals surface area contributed by atoms with E-state index >= 15 is 0 Å². The van der Waals surface area contributed by atoms with Gasteiger partial charge in [-0.1, -0.05) is 65.2 Å². The van der Waals surface area contributed by atoms with Crippen LogP contribution in [0.2, 0.25) is 0 Å². The van der Waals surface area contributed by atoms with Crippen molar-refractivity contribution in [2.75, 3.05) is 13.2 Å². The Labute approximate surface area is 154 Å². The molecule has 4 N–H and O–H groups in total. The van der Waals surface area contributed by atoms with Gasteiger partial charge in [-0.3, -0.25) is 0 Å². The Hall–Kier alpha value is -1.00. The SMILES string of the molecule is CCCCCCCC=C(O)C(CO)(CO)C(O)=CCCCCCCC. The molecule has 0 aromatic carbocycles. The van der Waals surface area contributed by atoms with Crippen LogP contribution in [0.25, 0.3) is 0 Å². The number of unbranched alkanes of at least 4 members (excludes halogenated alkanes) is 10. The fourth-order valence-electron chi connectivity index (χ4n) is 2.87. The van der Waals surface area contributed by atoms with Crippen LogP contribution < -0.4 is 0 Å². The predicted molar refractivity (Wildman–Crippen MR) is 105 cm³/mol. The Bertz CT molecular complexity index is 338. The summed E-state index contributed by atoms with van der Waals surface area (Å²) in [5, 5.41) is 40.1. The Morgan fingerprint density at radius 3 is 1.32 bits per heavy atom. The molecule has 0 bridgehead atoms. The van der Waals surface area contributed by atoms with E-state index in [0.29, 0.717) is 12.8 Å². The molecule has 0 aliphatic rings. The lowest BCUT2D eigenvalue weighted by Gasteiger charge is -2.28. The van der Waals surface area contributed by atoms with Gasteiger partial charge in [0.1, 0.15) is 16.9 Å². The van der Waals surface area contributed by atoms with Gasteiger partial charge in [-0.15, -0.1) is 0 Å². The second-order valence-corrected chi connectivity index (χ2v) is 6.98. The summed E-state index contributed by atoms with van der Waals surface area (Å²) >= 11 is 0. The minimum atomic E-state index is -1.47. The molecule has 4 nitrogen and oxygen atoms in total. The van der Waals surface area contributed by atoms with Gasteiger partial charge in [-0.25, -0.2) is 0 Å². The van der Waals surface area contributed by atoms with Crippen LogP contribution in [0, 0.1) is 5.41 Å². The third kappa shape index (κ3) is 9.31. The summed E-state index contributed by atoms with van der Waals surface area (Å²) in [7, 11) is 0. The molecule has 0 radical (unpaired) electrons. The molecule has 0 fully saturated rings.